The average molecular weight is 351 g/mol. The fraction of sp³-hybridized carbons (Fsp3) is 0.500. The summed E-state index contributed by atoms with van der Waals surface area (Å²) in [6.07, 6.45) is 5.05. The Bertz CT molecular complexity index is 749. The van der Waals surface area contributed by atoms with Crippen LogP contribution in [0.1, 0.15) is 35.2 Å². The topological polar surface area (TPSA) is 65.6 Å². The summed E-state index contributed by atoms with van der Waals surface area (Å²) in [6.45, 7) is 5.73. The molecular weight excluding hydrogens is 328 g/mol. The maximum absolute atomic E-state index is 12.5. The zero-order valence-corrected chi connectivity index (χ0v) is 14.6. The number of carbonyl (C=O) groups excluding carboxylic acids is 1. The minimum atomic E-state index is -0.274. The van der Waals surface area contributed by atoms with Gasteiger partial charge in [0.15, 0.2) is 0 Å². The van der Waals surface area contributed by atoms with Crippen molar-refractivity contribution in [3.63, 3.8) is 0 Å². The van der Waals surface area contributed by atoms with Crippen molar-refractivity contribution in [3.05, 3.63) is 29.5 Å². The molecule has 2 aromatic rings. The Kier molecular flexibility index (Phi) is 4.49. The molecule has 0 unspecified atom stereocenters. The van der Waals surface area contributed by atoms with E-state index in [1.807, 2.05) is 13.0 Å². The number of ether oxygens (including phenoxy) is 1. The summed E-state index contributed by atoms with van der Waals surface area (Å²) in [6, 6.07) is 3.48. The van der Waals surface area contributed by atoms with E-state index in [1.54, 1.807) is 12.3 Å². The van der Waals surface area contributed by atoms with E-state index in [1.165, 1.54) is 0 Å². The Labute approximate surface area is 147 Å². The van der Waals surface area contributed by atoms with Crippen LogP contribution in [0.15, 0.2) is 18.3 Å². The molecule has 0 radical (unpaired) electrons. The first-order valence-electron chi connectivity index (χ1n) is 8.27. The maximum Gasteiger partial charge on any atom is 0.340 e. The quantitative estimate of drug-likeness (QED) is 0.834. The molecule has 1 aromatic carbocycles. The van der Waals surface area contributed by atoms with Gasteiger partial charge in [-0.05, 0) is 57.5 Å². The van der Waals surface area contributed by atoms with Gasteiger partial charge in [0.25, 0.3) is 0 Å². The van der Waals surface area contributed by atoms with Crippen molar-refractivity contribution in [3.8, 4) is 5.75 Å². The molecule has 130 valence electrons. The molecule has 4 heterocycles. The number of nitrogens with zero attached hydrogens (tertiary/aromatic N) is 1. The van der Waals surface area contributed by atoms with Crippen molar-refractivity contribution in [2.24, 2.45) is 5.41 Å². The number of aromatic hydroxyl groups is 1. The molecule has 5 rings (SSSR count). The van der Waals surface area contributed by atoms with E-state index >= 15 is 0 Å². The molecule has 5 nitrogen and oxygen atoms in total. The molecule has 3 aliphatic rings. The van der Waals surface area contributed by atoms with Crippen LogP contribution in [-0.2, 0) is 4.74 Å². The number of phenolic OH excluding ortho intramolecular Hbond substituents is 1. The number of halogens is 1. The normalized spacial score (nSPS) is 25.5. The van der Waals surface area contributed by atoms with Crippen LogP contribution < -0.4 is 0 Å². The van der Waals surface area contributed by atoms with E-state index in [9.17, 15) is 9.90 Å². The highest BCUT2D eigenvalue weighted by Gasteiger charge is 2.40. The van der Waals surface area contributed by atoms with Gasteiger partial charge in [-0.3, -0.25) is 0 Å². The van der Waals surface area contributed by atoms with Gasteiger partial charge < -0.3 is 19.7 Å². The van der Waals surface area contributed by atoms with Gasteiger partial charge in [0.05, 0.1) is 12.2 Å². The molecule has 0 saturated carbocycles. The van der Waals surface area contributed by atoms with Crippen LogP contribution in [0.5, 0.6) is 5.75 Å². The number of rotatable bonds is 3. The van der Waals surface area contributed by atoms with Crippen molar-refractivity contribution >= 4 is 29.3 Å². The molecule has 0 amide bonds. The summed E-state index contributed by atoms with van der Waals surface area (Å²) < 4.78 is 5.68. The number of aromatic nitrogens is 1. The van der Waals surface area contributed by atoms with Gasteiger partial charge in [0.1, 0.15) is 5.75 Å². The Morgan fingerprint density at radius 3 is 2.62 bits per heavy atom. The van der Waals surface area contributed by atoms with E-state index in [4.69, 9.17) is 4.74 Å². The number of carbonyl (C=O) groups is 1. The van der Waals surface area contributed by atoms with Gasteiger partial charge >= 0.3 is 5.97 Å². The predicted molar refractivity (Wildman–Crippen MR) is 95.0 cm³/mol. The lowest BCUT2D eigenvalue weighted by Crippen LogP contribution is -2.50. The number of aryl methyl sites for hydroxylation is 1. The average Bonchev–Trinajstić information content (AvgIpc) is 2.98. The van der Waals surface area contributed by atoms with Gasteiger partial charge in [-0.1, -0.05) is 0 Å². The van der Waals surface area contributed by atoms with E-state index in [0.29, 0.717) is 12.2 Å². The van der Waals surface area contributed by atoms with E-state index in [2.05, 4.69) is 9.88 Å². The zero-order chi connectivity index (χ0) is 16.0. The Morgan fingerprint density at radius 2 is 1.96 bits per heavy atom. The standard InChI is InChI=1S/C18H22N2O3.ClH/c1-12-8-13-14(10-19-15(13)9-16(12)21)17(22)23-11-18-2-5-20(6-3-18)7-4-18;/h8-10,19,21H,2-7,11H2,1H3;1H. The van der Waals surface area contributed by atoms with Crippen molar-refractivity contribution < 1.29 is 14.6 Å². The lowest BCUT2D eigenvalue weighted by molar-refractivity contribution is -0.0304. The molecule has 0 atom stereocenters. The lowest BCUT2D eigenvalue weighted by Gasteiger charge is -2.47. The van der Waals surface area contributed by atoms with E-state index < -0.39 is 0 Å². The number of H-pyrrole nitrogens is 1. The summed E-state index contributed by atoms with van der Waals surface area (Å²) in [5.74, 6) is -0.0455. The van der Waals surface area contributed by atoms with Crippen molar-refractivity contribution in [1.29, 1.82) is 0 Å². The number of hydrogen-bond donors (Lipinski definition) is 2. The Hall–Kier alpha value is -1.72. The fourth-order valence-electron chi connectivity index (χ4n) is 3.84. The first-order chi connectivity index (χ1) is 11.1. The molecule has 3 aliphatic heterocycles. The molecule has 6 heteroatoms. The molecule has 24 heavy (non-hydrogen) atoms. The van der Waals surface area contributed by atoms with Gasteiger partial charge in [0, 0.05) is 28.6 Å². The summed E-state index contributed by atoms with van der Waals surface area (Å²) in [7, 11) is 0. The fourth-order valence-corrected chi connectivity index (χ4v) is 3.84. The SMILES string of the molecule is Cc1cc2c(C(=O)OCC34CCN(CC3)CC4)c[nH]c2cc1O.Cl. The van der Waals surface area contributed by atoms with Crippen LogP contribution in [0.4, 0.5) is 0 Å². The number of fused-ring (bicyclic) bond motifs is 4. The van der Waals surface area contributed by atoms with Gasteiger partial charge in [-0.25, -0.2) is 4.79 Å². The van der Waals surface area contributed by atoms with Gasteiger partial charge in [-0.15, -0.1) is 12.4 Å². The van der Waals surface area contributed by atoms with E-state index in [-0.39, 0.29) is 29.5 Å². The van der Waals surface area contributed by atoms with Crippen molar-refractivity contribution in [2.45, 2.75) is 26.2 Å². The van der Waals surface area contributed by atoms with Crippen LogP contribution in [-0.4, -0.2) is 47.2 Å². The molecule has 1 aromatic heterocycles. The number of piperidine rings is 3. The number of aromatic amines is 1. The third-order valence-electron chi connectivity index (χ3n) is 5.60. The molecule has 3 fully saturated rings. The maximum atomic E-state index is 12.5. The first kappa shape index (κ1) is 17.1. The molecule has 2 bridgehead atoms. The second kappa shape index (κ2) is 6.30. The summed E-state index contributed by atoms with van der Waals surface area (Å²) in [5.41, 5.74) is 2.24. The number of hydrogen-bond acceptors (Lipinski definition) is 4. The predicted octanol–water partition coefficient (Wildman–Crippen LogP) is 3.25. The molecule has 0 aliphatic carbocycles. The zero-order valence-electron chi connectivity index (χ0n) is 13.8. The van der Waals surface area contributed by atoms with Crippen LogP contribution in [0.2, 0.25) is 0 Å². The third-order valence-corrected chi connectivity index (χ3v) is 5.60. The second-order valence-electron chi connectivity index (χ2n) is 7.05. The largest absolute Gasteiger partial charge is 0.508 e. The third kappa shape index (κ3) is 2.87. The molecule has 0 spiro atoms. The molecule has 2 N–H and O–H groups in total. The summed E-state index contributed by atoms with van der Waals surface area (Å²) in [5, 5.41) is 10.6. The van der Waals surface area contributed by atoms with Crippen molar-refractivity contribution in [2.75, 3.05) is 26.2 Å². The number of esters is 1. The summed E-state index contributed by atoms with van der Waals surface area (Å²) in [4.78, 5) is 18.0. The smallest absolute Gasteiger partial charge is 0.340 e. The highest BCUT2D eigenvalue weighted by molar-refractivity contribution is 6.04. The van der Waals surface area contributed by atoms with Gasteiger partial charge in [-0.2, -0.15) is 0 Å². The highest BCUT2D eigenvalue weighted by Crippen LogP contribution is 2.40. The second-order valence-corrected chi connectivity index (χ2v) is 7.05. The van der Waals surface area contributed by atoms with Crippen LogP contribution in [0.3, 0.4) is 0 Å². The minimum absolute atomic E-state index is 0. The summed E-state index contributed by atoms with van der Waals surface area (Å²) >= 11 is 0. The van der Waals surface area contributed by atoms with Crippen LogP contribution in [0, 0.1) is 12.3 Å². The first-order valence-corrected chi connectivity index (χ1v) is 8.27. The Balaban J connectivity index is 0.00000169. The lowest BCUT2D eigenvalue weighted by atomic mass is 9.73. The van der Waals surface area contributed by atoms with Crippen molar-refractivity contribution in [1.82, 2.24) is 9.88 Å². The van der Waals surface area contributed by atoms with E-state index in [0.717, 1.165) is 55.4 Å². The number of phenols is 1. The number of nitrogens with one attached hydrogen (secondary N) is 1. The van der Waals surface area contributed by atoms with Gasteiger partial charge in [0.2, 0.25) is 0 Å². The highest BCUT2D eigenvalue weighted by atomic mass is 35.5. The van der Waals surface area contributed by atoms with Crippen LogP contribution >= 0.6 is 12.4 Å². The monoisotopic (exact) mass is 350 g/mol. The molecule has 3 saturated heterocycles. The van der Waals surface area contributed by atoms with Crippen LogP contribution in [0.25, 0.3) is 10.9 Å². The molecular formula is C18H23ClN2O3. The number of benzene rings is 1. The Morgan fingerprint density at radius 1 is 1.29 bits per heavy atom. The minimum Gasteiger partial charge on any atom is -0.508 e.